The number of carbonyl (C=O) groups excluding carboxylic acids is 1. The molecule has 1 fully saturated rings. The molecule has 1 aliphatic rings. The van der Waals surface area contributed by atoms with E-state index in [0.717, 1.165) is 25.1 Å². The molecular weight excluding hydrogens is 345 g/mol. The van der Waals surface area contributed by atoms with E-state index in [1.54, 1.807) is 19.9 Å². The van der Waals surface area contributed by atoms with Crippen LogP contribution >= 0.6 is 11.6 Å². The van der Waals surface area contributed by atoms with E-state index < -0.39 is 5.82 Å². The average Bonchev–Trinajstić information content (AvgIpc) is 3.13. The first-order valence-corrected chi connectivity index (χ1v) is 8.73. The van der Waals surface area contributed by atoms with Gasteiger partial charge in [0.05, 0.1) is 22.8 Å². The Labute approximate surface area is 151 Å². The monoisotopic (exact) mass is 365 g/mol. The molecule has 1 aromatic carbocycles. The SMILES string of the molecule is CCN1CCC(NC(=O)c2c(C)noc2C)C1c1ccc(Cl)c(F)c1. The van der Waals surface area contributed by atoms with Crippen molar-refractivity contribution in [3.8, 4) is 0 Å². The number of likely N-dealkylation sites (tertiary alicyclic amines) is 1. The number of aryl methyl sites for hydroxylation is 2. The summed E-state index contributed by atoms with van der Waals surface area (Å²) in [6.45, 7) is 7.15. The van der Waals surface area contributed by atoms with E-state index >= 15 is 0 Å². The summed E-state index contributed by atoms with van der Waals surface area (Å²) >= 11 is 5.80. The van der Waals surface area contributed by atoms with Crippen molar-refractivity contribution in [1.29, 1.82) is 0 Å². The summed E-state index contributed by atoms with van der Waals surface area (Å²) in [5.74, 6) is -0.161. The van der Waals surface area contributed by atoms with Gasteiger partial charge in [-0.2, -0.15) is 0 Å². The Bertz CT molecular complexity index is 773. The molecule has 7 heteroatoms. The maximum atomic E-state index is 13.9. The van der Waals surface area contributed by atoms with Gasteiger partial charge in [-0.05, 0) is 44.5 Å². The van der Waals surface area contributed by atoms with Crippen LogP contribution in [0.25, 0.3) is 0 Å². The second-order valence-corrected chi connectivity index (χ2v) is 6.72. The van der Waals surface area contributed by atoms with Crippen molar-refractivity contribution in [3.63, 3.8) is 0 Å². The van der Waals surface area contributed by atoms with Crippen molar-refractivity contribution >= 4 is 17.5 Å². The first kappa shape index (κ1) is 17.9. The molecule has 1 aliphatic heterocycles. The Kier molecular flexibility index (Phi) is 5.11. The normalized spacial score (nSPS) is 20.8. The van der Waals surface area contributed by atoms with E-state index in [1.165, 1.54) is 6.07 Å². The van der Waals surface area contributed by atoms with Crippen LogP contribution in [0.2, 0.25) is 5.02 Å². The zero-order valence-corrected chi connectivity index (χ0v) is 15.2. The molecule has 2 heterocycles. The number of halogens is 2. The summed E-state index contributed by atoms with van der Waals surface area (Å²) in [7, 11) is 0. The summed E-state index contributed by atoms with van der Waals surface area (Å²) in [5, 5.41) is 7.00. The average molecular weight is 366 g/mol. The van der Waals surface area contributed by atoms with E-state index in [9.17, 15) is 9.18 Å². The fraction of sp³-hybridized carbons (Fsp3) is 0.444. The lowest BCUT2D eigenvalue weighted by molar-refractivity contribution is 0.0923. The molecule has 1 amide bonds. The van der Waals surface area contributed by atoms with Gasteiger partial charge >= 0.3 is 0 Å². The number of aromatic nitrogens is 1. The fourth-order valence-electron chi connectivity index (χ4n) is 3.55. The molecule has 5 nitrogen and oxygen atoms in total. The largest absolute Gasteiger partial charge is 0.361 e. The Morgan fingerprint density at radius 1 is 1.48 bits per heavy atom. The Balaban J connectivity index is 1.86. The van der Waals surface area contributed by atoms with Crippen LogP contribution in [0.1, 0.15) is 46.8 Å². The number of likely N-dealkylation sites (N-methyl/N-ethyl adjacent to an activating group) is 1. The van der Waals surface area contributed by atoms with E-state index in [2.05, 4.69) is 22.3 Å². The molecule has 0 bridgehead atoms. The van der Waals surface area contributed by atoms with Crippen molar-refractivity contribution in [3.05, 3.63) is 51.6 Å². The maximum absolute atomic E-state index is 13.9. The van der Waals surface area contributed by atoms with Gasteiger partial charge < -0.3 is 9.84 Å². The van der Waals surface area contributed by atoms with Crippen molar-refractivity contribution in [2.24, 2.45) is 0 Å². The van der Waals surface area contributed by atoms with Crippen molar-refractivity contribution in [2.45, 2.75) is 39.3 Å². The number of rotatable bonds is 4. The van der Waals surface area contributed by atoms with Crippen LogP contribution in [0, 0.1) is 19.7 Å². The van der Waals surface area contributed by atoms with Crippen molar-refractivity contribution in [1.82, 2.24) is 15.4 Å². The van der Waals surface area contributed by atoms with Crippen LogP contribution in [0.5, 0.6) is 0 Å². The first-order chi connectivity index (χ1) is 11.9. The van der Waals surface area contributed by atoms with E-state index in [1.807, 2.05) is 6.07 Å². The van der Waals surface area contributed by atoms with Crippen LogP contribution in [0.4, 0.5) is 4.39 Å². The molecule has 2 atom stereocenters. The molecule has 2 unspecified atom stereocenters. The van der Waals surface area contributed by atoms with Crippen LogP contribution in [-0.2, 0) is 0 Å². The Morgan fingerprint density at radius 2 is 2.24 bits per heavy atom. The predicted molar refractivity (Wildman–Crippen MR) is 93.2 cm³/mol. The summed E-state index contributed by atoms with van der Waals surface area (Å²) in [5.41, 5.74) is 1.84. The van der Waals surface area contributed by atoms with Crippen LogP contribution in [0.3, 0.4) is 0 Å². The maximum Gasteiger partial charge on any atom is 0.257 e. The highest BCUT2D eigenvalue weighted by molar-refractivity contribution is 6.30. The molecule has 25 heavy (non-hydrogen) atoms. The van der Waals surface area contributed by atoms with Gasteiger partial charge in [0.25, 0.3) is 5.91 Å². The second-order valence-electron chi connectivity index (χ2n) is 6.31. The highest BCUT2D eigenvalue weighted by Crippen LogP contribution is 2.34. The Hall–Kier alpha value is -1.92. The number of carbonyl (C=O) groups is 1. The standard InChI is InChI=1S/C18H21ClFN3O2/c1-4-23-8-7-15(17(23)12-5-6-13(19)14(20)9-12)21-18(24)16-10(2)22-25-11(16)3/h5-6,9,15,17H,4,7-8H2,1-3H3,(H,21,24). The van der Waals surface area contributed by atoms with Gasteiger partial charge in [-0.15, -0.1) is 0 Å². The lowest BCUT2D eigenvalue weighted by Gasteiger charge is -2.28. The number of hydrogen-bond donors (Lipinski definition) is 1. The van der Waals surface area contributed by atoms with Gasteiger partial charge in [0.15, 0.2) is 0 Å². The smallest absolute Gasteiger partial charge is 0.257 e. The number of benzene rings is 1. The fourth-order valence-corrected chi connectivity index (χ4v) is 3.67. The molecule has 1 N–H and O–H groups in total. The lowest BCUT2D eigenvalue weighted by atomic mass is 9.99. The minimum absolute atomic E-state index is 0.0961. The van der Waals surface area contributed by atoms with Crippen LogP contribution < -0.4 is 5.32 Å². The molecule has 0 saturated carbocycles. The summed E-state index contributed by atoms with van der Waals surface area (Å²) < 4.78 is 19.0. The van der Waals surface area contributed by atoms with Crippen LogP contribution in [0.15, 0.2) is 22.7 Å². The molecule has 1 aromatic heterocycles. The summed E-state index contributed by atoms with van der Waals surface area (Å²) in [6, 6.07) is 4.61. The number of nitrogens with one attached hydrogen (secondary N) is 1. The molecule has 1 saturated heterocycles. The third-order valence-corrected chi connectivity index (χ3v) is 5.08. The predicted octanol–water partition coefficient (Wildman–Crippen LogP) is 3.65. The molecule has 0 aliphatic carbocycles. The highest BCUT2D eigenvalue weighted by atomic mass is 35.5. The van der Waals surface area contributed by atoms with Crippen molar-refractivity contribution < 1.29 is 13.7 Å². The third kappa shape index (κ3) is 3.41. The van der Waals surface area contributed by atoms with Crippen molar-refractivity contribution in [2.75, 3.05) is 13.1 Å². The molecule has 134 valence electrons. The van der Waals surface area contributed by atoms with Gasteiger partial charge in [0.1, 0.15) is 17.1 Å². The zero-order valence-electron chi connectivity index (χ0n) is 14.5. The molecule has 0 radical (unpaired) electrons. The topological polar surface area (TPSA) is 58.4 Å². The summed E-state index contributed by atoms with van der Waals surface area (Å²) in [6.07, 6.45) is 0.790. The molecule has 0 spiro atoms. The van der Waals surface area contributed by atoms with Gasteiger partial charge in [0.2, 0.25) is 0 Å². The van der Waals surface area contributed by atoms with Gasteiger partial charge in [-0.3, -0.25) is 9.69 Å². The van der Waals surface area contributed by atoms with Crippen LogP contribution in [-0.4, -0.2) is 35.1 Å². The van der Waals surface area contributed by atoms with E-state index in [4.69, 9.17) is 16.1 Å². The van der Waals surface area contributed by atoms with Gasteiger partial charge in [-0.1, -0.05) is 29.7 Å². The minimum atomic E-state index is -0.446. The third-order valence-electron chi connectivity index (χ3n) is 4.77. The molecular formula is C18H21ClFN3O2. The van der Waals surface area contributed by atoms with E-state index in [0.29, 0.717) is 17.0 Å². The quantitative estimate of drug-likeness (QED) is 0.898. The Morgan fingerprint density at radius 3 is 2.84 bits per heavy atom. The molecule has 2 aromatic rings. The number of nitrogens with zero attached hydrogens (tertiary/aromatic N) is 2. The number of amides is 1. The first-order valence-electron chi connectivity index (χ1n) is 8.35. The zero-order chi connectivity index (χ0) is 18.1. The van der Waals surface area contributed by atoms with Gasteiger partial charge in [0, 0.05) is 6.54 Å². The van der Waals surface area contributed by atoms with Gasteiger partial charge in [-0.25, -0.2) is 4.39 Å². The summed E-state index contributed by atoms with van der Waals surface area (Å²) in [4.78, 5) is 14.9. The second kappa shape index (κ2) is 7.14. The lowest BCUT2D eigenvalue weighted by Crippen LogP contribution is -2.40. The number of hydrogen-bond acceptors (Lipinski definition) is 4. The van der Waals surface area contributed by atoms with E-state index in [-0.39, 0.29) is 23.0 Å². The highest BCUT2D eigenvalue weighted by Gasteiger charge is 2.36. The molecule has 3 rings (SSSR count). The minimum Gasteiger partial charge on any atom is -0.361 e.